The largest absolute Gasteiger partial charge is 0.363 e. The zero-order valence-corrected chi connectivity index (χ0v) is 13.7. The molecule has 0 unspecified atom stereocenters. The van der Waals surface area contributed by atoms with Crippen molar-refractivity contribution in [2.45, 2.75) is 6.54 Å². The molecule has 2 aromatic carbocycles. The van der Waals surface area contributed by atoms with Crippen molar-refractivity contribution in [3.8, 4) is 22.4 Å². The van der Waals surface area contributed by atoms with Gasteiger partial charge in [0.1, 0.15) is 5.69 Å². The van der Waals surface area contributed by atoms with Crippen LogP contribution in [0.1, 0.15) is 16.1 Å². The molecule has 5 nitrogen and oxygen atoms in total. The fourth-order valence-corrected chi connectivity index (χ4v) is 2.55. The van der Waals surface area contributed by atoms with Crippen molar-refractivity contribution >= 4 is 5.91 Å². The third-order valence-electron chi connectivity index (χ3n) is 3.70. The van der Waals surface area contributed by atoms with Crippen molar-refractivity contribution in [3.63, 3.8) is 0 Å². The lowest BCUT2D eigenvalue weighted by molar-refractivity contribution is 0.0965. The number of amides is 1. The van der Waals surface area contributed by atoms with E-state index in [0.29, 0.717) is 5.69 Å². The average Bonchev–Trinajstić information content (AvgIpc) is 3.05. The summed E-state index contributed by atoms with van der Waals surface area (Å²) in [6, 6.07) is 18.0. The molecule has 5 heteroatoms. The molecule has 3 aromatic rings. The second-order valence-electron chi connectivity index (χ2n) is 5.96. The molecular weight excluding hydrogens is 302 g/mol. The average molecular weight is 321 g/mol. The van der Waals surface area contributed by atoms with Crippen LogP contribution in [-0.2, 0) is 6.54 Å². The van der Waals surface area contributed by atoms with Crippen LogP contribution in [0.2, 0.25) is 0 Å². The molecule has 1 heterocycles. The minimum atomic E-state index is -0.624. The number of hydrogen-bond acceptors (Lipinski definition) is 4. The molecule has 0 spiro atoms. The van der Waals surface area contributed by atoms with Crippen LogP contribution < -0.4 is 5.73 Å². The monoisotopic (exact) mass is 321 g/mol. The number of hydrogen-bond donors (Lipinski definition) is 1. The fourth-order valence-electron chi connectivity index (χ4n) is 2.55. The van der Waals surface area contributed by atoms with Gasteiger partial charge in [-0.1, -0.05) is 47.6 Å². The van der Waals surface area contributed by atoms with Gasteiger partial charge in [-0.3, -0.25) is 4.79 Å². The van der Waals surface area contributed by atoms with Gasteiger partial charge in [-0.2, -0.15) is 0 Å². The molecule has 0 aliphatic rings. The first-order valence-corrected chi connectivity index (χ1v) is 7.64. The highest BCUT2D eigenvalue weighted by Gasteiger charge is 2.11. The van der Waals surface area contributed by atoms with Gasteiger partial charge in [0, 0.05) is 18.2 Å². The molecule has 0 radical (unpaired) electrons. The number of carbonyl (C=O) groups excluding carboxylic acids is 1. The summed E-state index contributed by atoms with van der Waals surface area (Å²) in [5.74, 6) is -0.565. The van der Waals surface area contributed by atoms with E-state index in [9.17, 15) is 4.79 Å². The van der Waals surface area contributed by atoms with E-state index in [1.54, 1.807) is 6.07 Å². The van der Waals surface area contributed by atoms with Gasteiger partial charge in [0.05, 0.1) is 0 Å². The van der Waals surface area contributed by atoms with Crippen LogP contribution in [0.15, 0.2) is 59.1 Å². The van der Waals surface area contributed by atoms with Gasteiger partial charge in [-0.15, -0.1) is 0 Å². The molecule has 0 atom stereocenters. The van der Waals surface area contributed by atoms with E-state index in [4.69, 9.17) is 10.3 Å². The molecule has 24 heavy (non-hydrogen) atoms. The molecular formula is C19H19N3O2. The van der Waals surface area contributed by atoms with Crippen LogP contribution in [0.5, 0.6) is 0 Å². The van der Waals surface area contributed by atoms with E-state index >= 15 is 0 Å². The molecule has 0 aliphatic heterocycles. The SMILES string of the molecule is CN(C)Cc1ccc(-c2cccc(-c3cc(C(N)=O)on3)c2)cc1. The zero-order valence-electron chi connectivity index (χ0n) is 13.7. The molecule has 0 fully saturated rings. The summed E-state index contributed by atoms with van der Waals surface area (Å²) in [4.78, 5) is 13.3. The molecule has 1 amide bonds. The highest BCUT2D eigenvalue weighted by atomic mass is 16.5. The lowest BCUT2D eigenvalue weighted by Gasteiger charge is -2.10. The number of rotatable bonds is 5. The standard InChI is InChI=1S/C19H19N3O2/c1-22(2)12-13-6-8-14(9-7-13)15-4-3-5-16(10-15)17-11-18(19(20)23)24-21-17/h3-11H,12H2,1-2H3,(H2,20,23). The molecule has 0 aliphatic carbocycles. The van der Waals surface area contributed by atoms with Gasteiger partial charge < -0.3 is 15.2 Å². The van der Waals surface area contributed by atoms with E-state index in [1.165, 1.54) is 5.56 Å². The number of nitrogens with two attached hydrogens (primary N) is 1. The van der Waals surface area contributed by atoms with Crippen LogP contribution in [0.3, 0.4) is 0 Å². The van der Waals surface area contributed by atoms with E-state index < -0.39 is 5.91 Å². The van der Waals surface area contributed by atoms with Gasteiger partial charge in [0.25, 0.3) is 5.91 Å². The minimum absolute atomic E-state index is 0.0587. The molecule has 0 saturated heterocycles. The quantitative estimate of drug-likeness (QED) is 0.783. The van der Waals surface area contributed by atoms with Gasteiger partial charge in [0.15, 0.2) is 0 Å². The summed E-state index contributed by atoms with van der Waals surface area (Å²) in [6.07, 6.45) is 0. The van der Waals surface area contributed by atoms with Crippen molar-refractivity contribution in [2.75, 3.05) is 14.1 Å². The summed E-state index contributed by atoms with van der Waals surface area (Å²) >= 11 is 0. The Morgan fingerprint density at radius 2 is 1.75 bits per heavy atom. The van der Waals surface area contributed by atoms with Crippen molar-refractivity contribution in [3.05, 3.63) is 65.9 Å². The van der Waals surface area contributed by atoms with Crippen LogP contribution in [0.25, 0.3) is 22.4 Å². The third-order valence-corrected chi connectivity index (χ3v) is 3.70. The fraction of sp³-hybridized carbons (Fsp3) is 0.158. The molecule has 0 saturated carbocycles. The number of carbonyl (C=O) groups is 1. The van der Waals surface area contributed by atoms with Gasteiger partial charge in [-0.25, -0.2) is 0 Å². The van der Waals surface area contributed by atoms with Gasteiger partial charge >= 0.3 is 0 Å². The Morgan fingerprint density at radius 1 is 1.04 bits per heavy atom. The molecule has 122 valence electrons. The predicted molar refractivity (Wildman–Crippen MR) is 93.3 cm³/mol. The van der Waals surface area contributed by atoms with Crippen molar-refractivity contribution in [1.29, 1.82) is 0 Å². The summed E-state index contributed by atoms with van der Waals surface area (Å²) < 4.78 is 4.95. The molecule has 0 bridgehead atoms. The normalized spacial score (nSPS) is 11.0. The Kier molecular flexibility index (Phi) is 4.44. The van der Waals surface area contributed by atoms with Gasteiger partial charge in [-0.05, 0) is 36.9 Å². The minimum Gasteiger partial charge on any atom is -0.363 e. The van der Waals surface area contributed by atoms with E-state index in [2.05, 4.69) is 48.4 Å². The summed E-state index contributed by atoms with van der Waals surface area (Å²) in [5, 5.41) is 3.91. The first-order chi connectivity index (χ1) is 11.5. The van der Waals surface area contributed by atoms with Crippen molar-refractivity contribution < 1.29 is 9.32 Å². The number of primary amides is 1. The molecule has 3 rings (SSSR count). The second kappa shape index (κ2) is 6.68. The van der Waals surface area contributed by atoms with Crippen LogP contribution in [0.4, 0.5) is 0 Å². The predicted octanol–water partition coefficient (Wildman–Crippen LogP) is 3.17. The number of benzene rings is 2. The first-order valence-electron chi connectivity index (χ1n) is 7.64. The lowest BCUT2D eigenvalue weighted by atomic mass is 10.0. The van der Waals surface area contributed by atoms with Crippen molar-refractivity contribution in [1.82, 2.24) is 10.1 Å². The Balaban J connectivity index is 1.88. The second-order valence-corrected chi connectivity index (χ2v) is 5.96. The Labute approximate surface area is 140 Å². The Morgan fingerprint density at radius 3 is 2.38 bits per heavy atom. The number of nitrogens with zero attached hydrogens (tertiary/aromatic N) is 2. The highest BCUT2D eigenvalue weighted by Crippen LogP contribution is 2.26. The first kappa shape index (κ1) is 16.0. The summed E-state index contributed by atoms with van der Waals surface area (Å²) in [6.45, 7) is 0.912. The number of aromatic nitrogens is 1. The van der Waals surface area contributed by atoms with Crippen LogP contribution in [0, 0.1) is 0 Å². The highest BCUT2D eigenvalue weighted by molar-refractivity contribution is 5.91. The van der Waals surface area contributed by atoms with Crippen LogP contribution in [-0.4, -0.2) is 30.1 Å². The lowest BCUT2D eigenvalue weighted by Crippen LogP contribution is -2.10. The molecule has 1 aromatic heterocycles. The summed E-state index contributed by atoms with van der Waals surface area (Å²) in [7, 11) is 4.10. The van der Waals surface area contributed by atoms with Crippen molar-refractivity contribution in [2.24, 2.45) is 5.73 Å². The molecule has 2 N–H and O–H groups in total. The Bertz CT molecular complexity index is 851. The third kappa shape index (κ3) is 3.52. The maximum absolute atomic E-state index is 11.1. The topological polar surface area (TPSA) is 72.4 Å². The summed E-state index contributed by atoms with van der Waals surface area (Å²) in [5.41, 5.74) is 10.1. The smallest absolute Gasteiger partial charge is 0.287 e. The van der Waals surface area contributed by atoms with Gasteiger partial charge in [0.2, 0.25) is 5.76 Å². The van der Waals surface area contributed by atoms with E-state index in [-0.39, 0.29) is 5.76 Å². The van der Waals surface area contributed by atoms with E-state index in [0.717, 1.165) is 23.2 Å². The zero-order chi connectivity index (χ0) is 17.1. The Hall–Kier alpha value is -2.92. The maximum atomic E-state index is 11.1. The van der Waals surface area contributed by atoms with Crippen LogP contribution >= 0.6 is 0 Å². The maximum Gasteiger partial charge on any atom is 0.287 e. The van der Waals surface area contributed by atoms with E-state index in [1.807, 2.05) is 24.3 Å².